The average molecular weight is 537 g/mol. The van der Waals surface area contributed by atoms with E-state index in [9.17, 15) is 22.4 Å². The highest BCUT2D eigenvalue weighted by Gasteiger charge is 2.31. The number of carbonyl (C=O) groups excluding carboxylic acids is 1. The molecule has 3 aromatic heterocycles. The number of H-pyrrole nitrogens is 1. The Morgan fingerprint density at radius 3 is 2.56 bits per heavy atom. The summed E-state index contributed by atoms with van der Waals surface area (Å²) in [5.74, 6) is -0.174. The van der Waals surface area contributed by atoms with Crippen molar-refractivity contribution >= 4 is 17.4 Å². The van der Waals surface area contributed by atoms with Crippen LogP contribution in [-0.4, -0.2) is 30.8 Å². The van der Waals surface area contributed by atoms with Gasteiger partial charge in [0.1, 0.15) is 17.3 Å². The lowest BCUT2D eigenvalue weighted by Crippen LogP contribution is -2.21. The number of alkyl halides is 3. The van der Waals surface area contributed by atoms with E-state index >= 15 is 0 Å². The number of hydrogen-bond donors (Lipinski definition) is 3. The molecule has 2 aromatic carbocycles. The second-order valence-corrected chi connectivity index (χ2v) is 8.38. The van der Waals surface area contributed by atoms with Gasteiger partial charge in [-0.25, -0.2) is 14.2 Å². The highest BCUT2D eigenvalue weighted by molar-refractivity contribution is 6.00. The van der Waals surface area contributed by atoms with Crippen molar-refractivity contribution in [2.45, 2.75) is 13.1 Å². The molecule has 0 saturated heterocycles. The van der Waals surface area contributed by atoms with Gasteiger partial charge in [0, 0.05) is 47.7 Å². The van der Waals surface area contributed by atoms with Gasteiger partial charge in [0.05, 0.1) is 35.2 Å². The van der Waals surface area contributed by atoms with Gasteiger partial charge in [0.25, 0.3) is 0 Å². The molecule has 198 valence electrons. The summed E-state index contributed by atoms with van der Waals surface area (Å²) >= 11 is 0. The highest BCUT2D eigenvalue weighted by Crippen LogP contribution is 2.33. The number of pyridine rings is 1. The van der Waals surface area contributed by atoms with E-state index < -0.39 is 23.6 Å². The molecule has 3 N–H and O–H groups in total. The number of nitrogens with zero attached hydrogens (tertiary/aromatic N) is 4. The molecule has 0 bridgehead atoms. The Kier molecular flexibility index (Phi) is 6.71. The smallest absolute Gasteiger partial charge is 0.416 e. The molecule has 0 aliphatic carbocycles. The largest absolute Gasteiger partial charge is 0.457 e. The molecule has 5 rings (SSSR count). The molecule has 0 aliphatic heterocycles. The topological polar surface area (TPSA) is 110 Å². The number of ether oxygens (including phenoxy) is 1. The van der Waals surface area contributed by atoms with Crippen LogP contribution in [0.4, 0.5) is 33.7 Å². The first-order valence-corrected chi connectivity index (χ1v) is 11.4. The quantitative estimate of drug-likeness (QED) is 0.213. The van der Waals surface area contributed by atoms with Crippen LogP contribution in [0.5, 0.6) is 11.5 Å². The number of anilines is 2. The third-order valence-electron chi connectivity index (χ3n) is 5.46. The maximum absolute atomic E-state index is 14.5. The average Bonchev–Trinajstić information content (AvgIpc) is 3.58. The van der Waals surface area contributed by atoms with Gasteiger partial charge in [0.15, 0.2) is 0 Å². The molecule has 0 unspecified atom stereocenters. The maximum Gasteiger partial charge on any atom is 0.416 e. The Balaban J connectivity index is 1.34. The van der Waals surface area contributed by atoms with Crippen molar-refractivity contribution in [3.8, 4) is 28.4 Å². The monoisotopic (exact) mass is 537 g/mol. The number of halogens is 4. The van der Waals surface area contributed by atoms with E-state index in [1.807, 2.05) is 0 Å². The van der Waals surface area contributed by atoms with Crippen molar-refractivity contribution in [1.82, 2.24) is 24.7 Å². The van der Waals surface area contributed by atoms with Crippen molar-refractivity contribution in [2.75, 3.05) is 10.6 Å². The van der Waals surface area contributed by atoms with E-state index in [1.54, 1.807) is 37.6 Å². The number of aromatic nitrogens is 5. The Morgan fingerprint density at radius 2 is 1.85 bits per heavy atom. The predicted octanol–water partition coefficient (Wildman–Crippen LogP) is 6.56. The summed E-state index contributed by atoms with van der Waals surface area (Å²) in [5, 5.41) is 11.2. The van der Waals surface area contributed by atoms with Crippen molar-refractivity contribution in [2.24, 2.45) is 0 Å². The van der Waals surface area contributed by atoms with Gasteiger partial charge in [0.2, 0.25) is 0 Å². The summed E-state index contributed by atoms with van der Waals surface area (Å²) in [4.78, 5) is 20.9. The molecule has 3 heterocycles. The van der Waals surface area contributed by atoms with Crippen LogP contribution in [0, 0.1) is 12.7 Å². The number of rotatable bonds is 6. The van der Waals surface area contributed by atoms with E-state index in [4.69, 9.17) is 4.74 Å². The molecule has 0 radical (unpaired) electrons. The van der Waals surface area contributed by atoms with Crippen molar-refractivity contribution in [3.63, 3.8) is 0 Å². The molecule has 0 fully saturated rings. The Morgan fingerprint density at radius 1 is 1.03 bits per heavy atom. The molecule has 0 atom stereocenters. The minimum atomic E-state index is -4.67. The lowest BCUT2D eigenvalue weighted by atomic mass is 10.1. The summed E-state index contributed by atoms with van der Waals surface area (Å²) < 4.78 is 62.2. The fraction of sp³-hybridized carbons (Fsp3) is 0.0769. The molecule has 0 aliphatic rings. The Bertz CT molecular complexity index is 1630. The lowest BCUT2D eigenvalue weighted by Gasteiger charge is -2.14. The molecule has 39 heavy (non-hydrogen) atoms. The fourth-order valence-electron chi connectivity index (χ4n) is 3.67. The molecule has 0 saturated carbocycles. The van der Waals surface area contributed by atoms with E-state index in [-0.39, 0.29) is 22.8 Å². The summed E-state index contributed by atoms with van der Waals surface area (Å²) in [7, 11) is 0. The normalized spacial score (nSPS) is 11.3. The van der Waals surface area contributed by atoms with Crippen LogP contribution in [0.2, 0.25) is 0 Å². The first-order valence-electron chi connectivity index (χ1n) is 11.4. The van der Waals surface area contributed by atoms with E-state index in [1.165, 1.54) is 35.3 Å². The molecular formula is C26H19F4N7O2. The van der Waals surface area contributed by atoms with Crippen molar-refractivity contribution in [3.05, 3.63) is 96.7 Å². The van der Waals surface area contributed by atoms with Crippen molar-refractivity contribution in [1.29, 1.82) is 0 Å². The van der Waals surface area contributed by atoms with Crippen LogP contribution in [0.25, 0.3) is 16.9 Å². The summed E-state index contributed by atoms with van der Waals surface area (Å²) in [6, 6.07) is 9.05. The van der Waals surface area contributed by atoms with Gasteiger partial charge in [-0.15, -0.1) is 0 Å². The van der Waals surface area contributed by atoms with Gasteiger partial charge in [-0.3, -0.25) is 10.1 Å². The van der Waals surface area contributed by atoms with E-state index in [2.05, 4.69) is 30.8 Å². The molecule has 5 aromatic rings. The first kappa shape index (κ1) is 25.4. The van der Waals surface area contributed by atoms with Gasteiger partial charge in [-0.05, 0) is 43.3 Å². The van der Waals surface area contributed by atoms with Crippen LogP contribution < -0.4 is 15.4 Å². The number of benzene rings is 2. The van der Waals surface area contributed by atoms with Gasteiger partial charge >= 0.3 is 12.2 Å². The highest BCUT2D eigenvalue weighted by atomic mass is 19.4. The SMILES string of the molecule is Cc1cn(-c2cc(NC(=O)Nc3cc(Oc4ccnc(-c5cn[nH]c5)c4)ccc3F)cc(C(F)(F)F)c2)cn1. The number of amides is 2. The molecule has 2 amide bonds. The Hall–Kier alpha value is -5.20. The Labute approximate surface area is 218 Å². The second kappa shape index (κ2) is 10.3. The van der Waals surface area contributed by atoms with Crippen LogP contribution >= 0.6 is 0 Å². The van der Waals surface area contributed by atoms with Crippen LogP contribution in [0.1, 0.15) is 11.3 Å². The van der Waals surface area contributed by atoms with Crippen molar-refractivity contribution < 1.29 is 27.1 Å². The predicted molar refractivity (Wildman–Crippen MR) is 134 cm³/mol. The number of carbonyl (C=O) groups is 1. The van der Waals surface area contributed by atoms with Gasteiger partial charge in [-0.1, -0.05) is 0 Å². The minimum absolute atomic E-state index is 0.134. The first-order chi connectivity index (χ1) is 18.6. The number of urea groups is 1. The third kappa shape index (κ3) is 6.04. The van der Waals surface area contributed by atoms with E-state index in [0.29, 0.717) is 17.1 Å². The third-order valence-corrected chi connectivity index (χ3v) is 5.46. The molecular weight excluding hydrogens is 518 g/mol. The number of hydrogen-bond acceptors (Lipinski definition) is 5. The zero-order valence-corrected chi connectivity index (χ0v) is 20.1. The number of imidazole rings is 1. The zero-order chi connectivity index (χ0) is 27.6. The molecule has 9 nitrogen and oxygen atoms in total. The zero-order valence-electron chi connectivity index (χ0n) is 20.1. The maximum atomic E-state index is 14.5. The van der Waals surface area contributed by atoms with Crippen LogP contribution in [0.15, 0.2) is 79.6 Å². The summed E-state index contributed by atoms with van der Waals surface area (Å²) in [5.41, 5.74) is 0.685. The number of aryl methyl sites for hydroxylation is 1. The van der Waals surface area contributed by atoms with Crippen LogP contribution in [0.3, 0.4) is 0 Å². The lowest BCUT2D eigenvalue weighted by molar-refractivity contribution is -0.137. The van der Waals surface area contributed by atoms with E-state index in [0.717, 1.165) is 23.8 Å². The summed E-state index contributed by atoms with van der Waals surface area (Å²) in [6.45, 7) is 1.69. The minimum Gasteiger partial charge on any atom is -0.457 e. The number of nitrogens with one attached hydrogen (secondary N) is 3. The van der Waals surface area contributed by atoms with Gasteiger partial charge in [-0.2, -0.15) is 18.3 Å². The van der Waals surface area contributed by atoms with Crippen LogP contribution in [-0.2, 0) is 6.18 Å². The number of aromatic amines is 1. The fourth-order valence-corrected chi connectivity index (χ4v) is 3.67. The van der Waals surface area contributed by atoms with Gasteiger partial charge < -0.3 is 19.9 Å². The second-order valence-electron chi connectivity index (χ2n) is 8.38. The molecule has 13 heteroatoms. The standard InChI is InChI=1S/C26H19F4N7O2/c1-15-13-37(14-32-15)19-7-17(26(28,29)30)6-18(8-19)35-25(38)36-24-10-20(2-3-22(24)27)39-21-4-5-31-23(9-21)16-11-33-34-12-16/h2-14H,1H3,(H,33,34)(H2,35,36,38). The summed E-state index contributed by atoms with van der Waals surface area (Å²) in [6.07, 6.45) is 3.02. The molecule has 0 spiro atoms.